The van der Waals surface area contributed by atoms with Crippen molar-refractivity contribution in [3.8, 4) is 11.5 Å². The summed E-state index contributed by atoms with van der Waals surface area (Å²) in [6, 6.07) is 11.9. The number of carboxylic acids is 1. The molecule has 1 heterocycles. The van der Waals surface area contributed by atoms with Crippen molar-refractivity contribution in [2.24, 2.45) is 4.99 Å². The maximum absolute atomic E-state index is 12.9. The number of carbonyl (C=O) groups is 2. The van der Waals surface area contributed by atoms with E-state index in [4.69, 9.17) is 9.47 Å². The highest BCUT2D eigenvalue weighted by molar-refractivity contribution is 8.18. The topological polar surface area (TPSA) is 88.4 Å². The van der Waals surface area contributed by atoms with E-state index >= 15 is 0 Å². The van der Waals surface area contributed by atoms with Gasteiger partial charge in [-0.1, -0.05) is 19.1 Å². The third-order valence-corrected chi connectivity index (χ3v) is 5.48. The average molecular weight is 441 g/mol. The van der Waals surface area contributed by atoms with E-state index in [0.717, 1.165) is 12.0 Å². The summed E-state index contributed by atoms with van der Waals surface area (Å²) in [4.78, 5) is 30.7. The molecule has 0 radical (unpaired) electrons. The maximum atomic E-state index is 12.9. The van der Waals surface area contributed by atoms with E-state index in [1.165, 1.54) is 23.9 Å². The van der Waals surface area contributed by atoms with Crippen LogP contribution < -0.4 is 9.47 Å². The molecule has 162 valence electrons. The van der Waals surface area contributed by atoms with Gasteiger partial charge in [0.15, 0.2) is 16.7 Å². The number of thioether (sulfide) groups is 1. The number of amides is 1. The Bertz CT molecular complexity index is 1050. The van der Waals surface area contributed by atoms with Gasteiger partial charge in [0.1, 0.15) is 0 Å². The van der Waals surface area contributed by atoms with Crippen molar-refractivity contribution in [3.05, 3.63) is 58.5 Å². The highest BCUT2D eigenvalue weighted by Gasteiger charge is 2.32. The number of hydrogen-bond acceptors (Lipinski definition) is 6. The maximum Gasteiger partial charge on any atom is 0.335 e. The number of ether oxygens (including phenoxy) is 2. The Morgan fingerprint density at radius 3 is 2.68 bits per heavy atom. The quantitative estimate of drug-likeness (QED) is 0.593. The normalized spacial score (nSPS) is 16.2. The minimum absolute atomic E-state index is 0.146. The zero-order chi connectivity index (χ0) is 22.4. The van der Waals surface area contributed by atoms with Gasteiger partial charge >= 0.3 is 5.97 Å². The van der Waals surface area contributed by atoms with Crippen molar-refractivity contribution in [3.63, 3.8) is 0 Å². The van der Waals surface area contributed by atoms with E-state index in [-0.39, 0.29) is 11.5 Å². The predicted molar refractivity (Wildman–Crippen MR) is 122 cm³/mol. The largest absolute Gasteiger partial charge is 0.493 e. The summed E-state index contributed by atoms with van der Waals surface area (Å²) in [6.07, 6.45) is 2.68. The van der Waals surface area contributed by atoms with Gasteiger partial charge in [-0.2, -0.15) is 0 Å². The number of amidine groups is 1. The van der Waals surface area contributed by atoms with Crippen molar-refractivity contribution in [2.75, 3.05) is 20.3 Å². The van der Waals surface area contributed by atoms with Crippen LogP contribution in [0.4, 0.5) is 5.69 Å². The Labute approximate surface area is 185 Å². The van der Waals surface area contributed by atoms with Crippen LogP contribution in [-0.4, -0.2) is 47.3 Å². The van der Waals surface area contributed by atoms with Crippen LogP contribution in [0.15, 0.2) is 52.4 Å². The predicted octanol–water partition coefficient (Wildman–Crippen LogP) is 4.81. The fourth-order valence-electron chi connectivity index (χ4n) is 2.95. The van der Waals surface area contributed by atoms with Crippen molar-refractivity contribution >= 4 is 40.6 Å². The Balaban J connectivity index is 1.90. The van der Waals surface area contributed by atoms with Crippen LogP contribution in [0.2, 0.25) is 0 Å². The molecule has 0 aliphatic carbocycles. The molecule has 0 unspecified atom stereocenters. The third kappa shape index (κ3) is 5.27. The number of rotatable bonds is 8. The summed E-state index contributed by atoms with van der Waals surface area (Å²) < 4.78 is 11.1. The van der Waals surface area contributed by atoms with Crippen LogP contribution in [0, 0.1) is 0 Å². The van der Waals surface area contributed by atoms with Crippen LogP contribution in [-0.2, 0) is 4.79 Å². The molecular weight excluding hydrogens is 416 g/mol. The molecule has 3 rings (SSSR count). The molecule has 1 N–H and O–H groups in total. The summed E-state index contributed by atoms with van der Waals surface area (Å²) >= 11 is 1.25. The van der Waals surface area contributed by atoms with E-state index in [1.54, 1.807) is 30.2 Å². The number of hydrogen-bond donors (Lipinski definition) is 1. The molecule has 1 fully saturated rings. The lowest BCUT2D eigenvalue weighted by atomic mass is 10.2. The monoisotopic (exact) mass is 440 g/mol. The number of methoxy groups -OCH3 is 1. The summed E-state index contributed by atoms with van der Waals surface area (Å²) in [5.41, 5.74) is 1.43. The molecule has 2 aromatic rings. The van der Waals surface area contributed by atoms with Gasteiger partial charge in [-0.15, -0.1) is 0 Å². The molecule has 0 bridgehead atoms. The Hall–Kier alpha value is -3.26. The summed E-state index contributed by atoms with van der Waals surface area (Å²) in [5, 5.41) is 9.69. The van der Waals surface area contributed by atoms with E-state index in [2.05, 4.69) is 4.99 Å². The zero-order valence-corrected chi connectivity index (χ0v) is 18.4. The zero-order valence-electron chi connectivity index (χ0n) is 17.6. The molecule has 31 heavy (non-hydrogen) atoms. The molecule has 0 aromatic heterocycles. The second-order valence-electron chi connectivity index (χ2n) is 6.67. The minimum Gasteiger partial charge on any atom is -0.493 e. The van der Waals surface area contributed by atoms with Gasteiger partial charge < -0.3 is 14.6 Å². The molecule has 8 heteroatoms. The van der Waals surface area contributed by atoms with E-state index < -0.39 is 5.97 Å². The number of nitrogens with zero attached hydrogens (tertiary/aromatic N) is 2. The first-order valence-electron chi connectivity index (χ1n) is 9.91. The Morgan fingerprint density at radius 2 is 2.00 bits per heavy atom. The number of likely N-dealkylation sites (N-methyl/N-ethyl adjacent to an activating group) is 1. The fourth-order valence-corrected chi connectivity index (χ4v) is 4.01. The molecule has 0 atom stereocenters. The average Bonchev–Trinajstić information content (AvgIpc) is 3.06. The first-order chi connectivity index (χ1) is 15.0. The first kappa shape index (κ1) is 22.4. The molecule has 1 saturated heterocycles. The third-order valence-electron chi connectivity index (χ3n) is 4.47. The molecule has 1 aliphatic rings. The number of benzene rings is 2. The number of aliphatic imine (C=N–C) groups is 1. The lowest BCUT2D eigenvalue weighted by Crippen LogP contribution is -2.28. The van der Waals surface area contributed by atoms with Crippen LogP contribution in [0.1, 0.15) is 36.2 Å². The van der Waals surface area contributed by atoms with Crippen LogP contribution in [0.25, 0.3) is 6.08 Å². The van der Waals surface area contributed by atoms with Crippen molar-refractivity contribution in [2.45, 2.75) is 20.3 Å². The minimum atomic E-state index is -1.02. The van der Waals surface area contributed by atoms with Crippen molar-refractivity contribution < 1.29 is 24.2 Å². The van der Waals surface area contributed by atoms with E-state index in [1.807, 2.05) is 32.0 Å². The molecule has 0 saturated carbocycles. The number of aromatic carboxylic acids is 1. The standard InChI is InChI=1S/C23H24N2O5S/c1-4-11-30-18-10-9-15(12-19(18)29-3)13-20-21(26)25(5-2)23(31-20)24-17-8-6-7-16(14-17)22(27)28/h6-10,12-14H,4-5,11H2,1-3H3,(H,27,28)/b20-13+,24-23?. The van der Waals surface area contributed by atoms with Crippen LogP contribution in [0.3, 0.4) is 0 Å². The molecule has 1 amide bonds. The summed E-state index contributed by atoms with van der Waals surface area (Å²) in [6.45, 7) is 4.95. The van der Waals surface area contributed by atoms with Gasteiger partial charge in [-0.05, 0) is 67.1 Å². The molecule has 1 aliphatic heterocycles. The van der Waals surface area contributed by atoms with Crippen molar-refractivity contribution in [1.82, 2.24) is 4.90 Å². The highest BCUT2D eigenvalue weighted by atomic mass is 32.2. The second-order valence-corrected chi connectivity index (χ2v) is 7.68. The van der Waals surface area contributed by atoms with Gasteiger partial charge in [0, 0.05) is 6.54 Å². The summed E-state index contributed by atoms with van der Waals surface area (Å²) in [7, 11) is 1.58. The van der Waals surface area contributed by atoms with Gasteiger partial charge in [0.05, 0.1) is 29.9 Å². The summed E-state index contributed by atoms with van der Waals surface area (Å²) in [5.74, 6) is 0.0916. The van der Waals surface area contributed by atoms with Gasteiger partial charge in [-0.3, -0.25) is 9.69 Å². The van der Waals surface area contributed by atoms with Gasteiger partial charge in [-0.25, -0.2) is 9.79 Å². The van der Waals surface area contributed by atoms with E-state index in [0.29, 0.717) is 40.4 Å². The first-order valence-corrected chi connectivity index (χ1v) is 10.7. The lowest BCUT2D eigenvalue weighted by Gasteiger charge is -2.12. The number of carbonyl (C=O) groups excluding carboxylic acids is 1. The molecular formula is C23H24N2O5S. The van der Waals surface area contributed by atoms with Gasteiger partial charge in [0.2, 0.25) is 0 Å². The Kier molecular flexibility index (Phi) is 7.36. The smallest absolute Gasteiger partial charge is 0.335 e. The Morgan fingerprint density at radius 1 is 1.19 bits per heavy atom. The van der Waals surface area contributed by atoms with Crippen LogP contribution in [0.5, 0.6) is 11.5 Å². The van der Waals surface area contributed by atoms with Crippen molar-refractivity contribution in [1.29, 1.82) is 0 Å². The molecule has 0 spiro atoms. The van der Waals surface area contributed by atoms with E-state index in [9.17, 15) is 14.7 Å². The van der Waals surface area contributed by atoms with Gasteiger partial charge in [0.25, 0.3) is 5.91 Å². The number of carboxylic acid groups (broad SMARTS) is 1. The lowest BCUT2D eigenvalue weighted by molar-refractivity contribution is -0.122. The van der Waals surface area contributed by atoms with Crippen LogP contribution >= 0.6 is 11.8 Å². The fraction of sp³-hybridized carbons (Fsp3) is 0.261. The SMILES string of the molecule is CCCOc1ccc(/C=C2/SC(=Nc3cccc(C(=O)O)c3)N(CC)C2=O)cc1OC. The highest BCUT2D eigenvalue weighted by Crippen LogP contribution is 2.35. The molecule has 2 aromatic carbocycles. The molecule has 7 nitrogen and oxygen atoms in total. The second kappa shape index (κ2) is 10.2.